The van der Waals surface area contributed by atoms with Crippen LogP contribution < -0.4 is 10.0 Å². The average molecular weight is 390 g/mol. The summed E-state index contributed by atoms with van der Waals surface area (Å²) >= 11 is 0. The highest BCUT2D eigenvalue weighted by atomic mass is 32.2. The molecule has 8 nitrogen and oxygen atoms in total. The van der Waals surface area contributed by atoms with Crippen molar-refractivity contribution in [3.05, 3.63) is 66.3 Å². The fraction of sp³-hybridized carbons (Fsp3) is 0.235. The Morgan fingerprint density at radius 3 is 2.70 bits per heavy atom. The van der Waals surface area contributed by atoms with Crippen LogP contribution in [0.1, 0.15) is 11.4 Å². The van der Waals surface area contributed by atoms with Gasteiger partial charge in [-0.15, -0.1) is 0 Å². The van der Waals surface area contributed by atoms with Gasteiger partial charge in [0.25, 0.3) is 0 Å². The summed E-state index contributed by atoms with van der Waals surface area (Å²) in [5, 5.41) is 3.03. The van der Waals surface area contributed by atoms with Gasteiger partial charge in [0.15, 0.2) is 0 Å². The van der Waals surface area contributed by atoms with E-state index in [1.54, 1.807) is 24.5 Å². The van der Waals surface area contributed by atoms with Crippen LogP contribution in [-0.4, -0.2) is 41.0 Å². The Kier molecular flexibility index (Phi) is 5.77. The second-order valence-corrected chi connectivity index (χ2v) is 7.58. The molecule has 0 spiro atoms. The number of anilines is 1. The Hall–Kier alpha value is -2.85. The van der Waals surface area contributed by atoms with Crippen LogP contribution in [0.5, 0.6) is 0 Å². The molecule has 0 saturated carbocycles. The topological polar surface area (TPSA) is 102 Å². The first-order valence-electron chi connectivity index (χ1n) is 8.21. The summed E-state index contributed by atoms with van der Waals surface area (Å²) in [4.78, 5) is 12.4. The van der Waals surface area contributed by atoms with E-state index in [1.807, 2.05) is 11.5 Å². The molecule has 142 valence electrons. The van der Waals surface area contributed by atoms with Crippen LogP contribution in [0.2, 0.25) is 0 Å². The van der Waals surface area contributed by atoms with Crippen LogP contribution in [0.3, 0.4) is 0 Å². The molecule has 3 rings (SSSR count). The zero-order valence-electron chi connectivity index (χ0n) is 14.6. The smallest absolute Gasteiger partial charge is 0.215 e. The van der Waals surface area contributed by atoms with Gasteiger partial charge in [0.2, 0.25) is 10.0 Å². The lowest BCUT2D eigenvalue weighted by atomic mass is 10.2. The van der Waals surface area contributed by atoms with Crippen molar-refractivity contribution >= 4 is 15.8 Å². The maximum absolute atomic E-state index is 13.6. The van der Waals surface area contributed by atoms with Gasteiger partial charge >= 0.3 is 0 Å². The van der Waals surface area contributed by atoms with E-state index in [0.717, 1.165) is 5.82 Å². The minimum Gasteiger partial charge on any atom is -0.369 e. The van der Waals surface area contributed by atoms with Crippen molar-refractivity contribution in [3.63, 3.8) is 0 Å². The van der Waals surface area contributed by atoms with Crippen LogP contribution in [0.25, 0.3) is 5.82 Å². The predicted octanol–water partition coefficient (Wildman–Crippen LogP) is 1.64. The minimum atomic E-state index is -3.64. The third kappa shape index (κ3) is 5.08. The fourth-order valence-electron chi connectivity index (χ4n) is 2.46. The second kappa shape index (κ2) is 8.23. The lowest BCUT2D eigenvalue weighted by molar-refractivity contribution is 0.575. The number of sulfonamides is 1. The molecule has 1 aromatic carbocycles. The first-order valence-corrected chi connectivity index (χ1v) is 9.87. The van der Waals surface area contributed by atoms with Crippen molar-refractivity contribution in [1.29, 1.82) is 0 Å². The molecule has 2 heterocycles. The average Bonchev–Trinajstić information content (AvgIpc) is 3.07. The molecule has 0 atom stereocenters. The predicted molar refractivity (Wildman–Crippen MR) is 99.4 cm³/mol. The third-order valence-electron chi connectivity index (χ3n) is 3.78. The molecule has 0 aliphatic carbocycles. The van der Waals surface area contributed by atoms with E-state index in [9.17, 15) is 12.8 Å². The number of hydrogen-bond donors (Lipinski definition) is 2. The molecule has 0 fully saturated rings. The van der Waals surface area contributed by atoms with Crippen molar-refractivity contribution in [2.24, 2.45) is 0 Å². The van der Waals surface area contributed by atoms with Crippen molar-refractivity contribution in [3.8, 4) is 5.82 Å². The molecule has 0 unspecified atom stereocenters. The molecule has 0 aliphatic rings. The Morgan fingerprint density at radius 1 is 1.15 bits per heavy atom. The lowest BCUT2D eigenvalue weighted by Gasteiger charge is -2.10. The SMILES string of the molecule is Cc1nccn1-c1cc(NCCNS(=O)(=O)Cc2ccccc2F)ncn1. The first kappa shape index (κ1) is 18.9. The number of hydrogen-bond acceptors (Lipinski definition) is 6. The number of rotatable bonds is 8. The van der Waals surface area contributed by atoms with E-state index >= 15 is 0 Å². The van der Waals surface area contributed by atoms with Crippen molar-refractivity contribution in [2.45, 2.75) is 12.7 Å². The van der Waals surface area contributed by atoms with Crippen LogP contribution in [-0.2, 0) is 15.8 Å². The molecule has 2 aromatic heterocycles. The normalized spacial score (nSPS) is 11.5. The second-order valence-electron chi connectivity index (χ2n) is 5.78. The molecule has 0 amide bonds. The maximum Gasteiger partial charge on any atom is 0.215 e. The number of imidazole rings is 1. The van der Waals surface area contributed by atoms with E-state index in [4.69, 9.17) is 0 Å². The molecule has 0 radical (unpaired) electrons. The largest absolute Gasteiger partial charge is 0.369 e. The number of nitrogens with one attached hydrogen (secondary N) is 2. The Balaban J connectivity index is 1.53. The van der Waals surface area contributed by atoms with Gasteiger partial charge in [0.1, 0.15) is 29.6 Å². The van der Waals surface area contributed by atoms with Gasteiger partial charge < -0.3 is 5.32 Å². The zero-order valence-corrected chi connectivity index (χ0v) is 15.4. The van der Waals surface area contributed by atoms with Crippen LogP contribution >= 0.6 is 0 Å². The molecule has 27 heavy (non-hydrogen) atoms. The molecule has 0 saturated heterocycles. The van der Waals surface area contributed by atoms with Gasteiger partial charge in [-0.3, -0.25) is 4.57 Å². The summed E-state index contributed by atoms with van der Waals surface area (Å²) in [6.45, 7) is 2.32. The number of aryl methyl sites for hydroxylation is 1. The molecule has 2 N–H and O–H groups in total. The van der Waals surface area contributed by atoms with E-state index in [2.05, 4.69) is 25.0 Å². The van der Waals surface area contributed by atoms with Gasteiger partial charge in [-0.05, 0) is 13.0 Å². The summed E-state index contributed by atoms with van der Waals surface area (Å²) in [6.07, 6.45) is 4.88. The van der Waals surface area contributed by atoms with Crippen molar-refractivity contribution in [2.75, 3.05) is 18.4 Å². The maximum atomic E-state index is 13.6. The molecular formula is C17H19FN6O2S. The van der Waals surface area contributed by atoms with Gasteiger partial charge in [0, 0.05) is 37.1 Å². The van der Waals surface area contributed by atoms with Gasteiger partial charge in [0.05, 0.1) is 5.75 Å². The summed E-state index contributed by atoms with van der Waals surface area (Å²) in [5.74, 6) is 1.06. The van der Waals surface area contributed by atoms with Crippen molar-refractivity contribution < 1.29 is 12.8 Å². The van der Waals surface area contributed by atoms with Gasteiger partial charge in [-0.2, -0.15) is 0 Å². The highest BCUT2D eigenvalue weighted by Crippen LogP contribution is 2.11. The summed E-state index contributed by atoms with van der Waals surface area (Å²) in [6, 6.07) is 7.55. The third-order valence-corrected chi connectivity index (χ3v) is 5.12. The van der Waals surface area contributed by atoms with Crippen LogP contribution in [0.4, 0.5) is 10.2 Å². The van der Waals surface area contributed by atoms with Crippen molar-refractivity contribution in [1.82, 2.24) is 24.2 Å². The molecule has 10 heteroatoms. The molecule has 3 aromatic rings. The number of halogens is 1. The fourth-order valence-corrected chi connectivity index (χ4v) is 3.62. The summed E-state index contributed by atoms with van der Waals surface area (Å²) < 4.78 is 42.0. The lowest BCUT2D eigenvalue weighted by Crippen LogP contribution is -2.30. The summed E-state index contributed by atoms with van der Waals surface area (Å²) in [5.41, 5.74) is 0.133. The molecular weight excluding hydrogens is 371 g/mol. The van der Waals surface area contributed by atoms with Gasteiger partial charge in [-0.1, -0.05) is 18.2 Å². The number of benzene rings is 1. The Bertz CT molecular complexity index is 1020. The quantitative estimate of drug-likeness (QED) is 0.567. The highest BCUT2D eigenvalue weighted by molar-refractivity contribution is 7.88. The minimum absolute atomic E-state index is 0.133. The van der Waals surface area contributed by atoms with Crippen LogP contribution in [0.15, 0.2) is 49.1 Å². The van der Waals surface area contributed by atoms with E-state index in [1.165, 1.54) is 24.5 Å². The first-order chi connectivity index (χ1) is 12.9. The van der Waals surface area contributed by atoms with E-state index in [0.29, 0.717) is 18.2 Å². The Morgan fingerprint density at radius 2 is 1.96 bits per heavy atom. The Labute approximate surface area is 156 Å². The highest BCUT2D eigenvalue weighted by Gasteiger charge is 2.13. The van der Waals surface area contributed by atoms with E-state index < -0.39 is 21.6 Å². The molecule has 0 aliphatic heterocycles. The standard InChI is InChI=1S/C17H19FN6O2S/c1-13-19-8-9-24(13)17-10-16(21-12-22-17)20-6-7-23-27(25,26)11-14-4-2-3-5-15(14)18/h2-5,8-10,12,23H,6-7,11H2,1H3,(H,20,21,22). The number of aromatic nitrogens is 4. The van der Waals surface area contributed by atoms with E-state index in [-0.39, 0.29) is 12.1 Å². The molecule has 0 bridgehead atoms. The summed E-state index contributed by atoms with van der Waals surface area (Å²) in [7, 11) is -3.64. The number of nitrogens with zero attached hydrogens (tertiary/aromatic N) is 4. The zero-order chi connectivity index (χ0) is 19.3. The monoisotopic (exact) mass is 390 g/mol. The van der Waals surface area contributed by atoms with Crippen LogP contribution in [0, 0.1) is 12.7 Å². The van der Waals surface area contributed by atoms with Gasteiger partial charge in [-0.25, -0.2) is 32.5 Å².